The molecule has 0 saturated heterocycles. The SMILES string of the molecule is CC(C)(C)C(C(=O)OO)C(C)(C)C.CC(C)(C)CCC(=O)OOC(C)(C)C. The van der Waals surface area contributed by atoms with E-state index in [1.807, 2.05) is 62.3 Å². The van der Waals surface area contributed by atoms with Gasteiger partial charge in [0.15, 0.2) is 0 Å². The molecule has 0 bridgehead atoms. The first kappa shape index (κ1) is 28.1. The van der Waals surface area contributed by atoms with Crippen molar-refractivity contribution < 1.29 is 29.5 Å². The zero-order valence-corrected chi connectivity index (χ0v) is 19.5. The van der Waals surface area contributed by atoms with Crippen molar-refractivity contribution in [1.82, 2.24) is 0 Å². The highest BCUT2D eigenvalue weighted by Crippen LogP contribution is 2.40. The van der Waals surface area contributed by atoms with Crippen LogP contribution in [0, 0.1) is 22.2 Å². The molecule has 0 fully saturated rings. The van der Waals surface area contributed by atoms with Gasteiger partial charge in [-0.15, -0.1) is 0 Å². The molecule has 0 atom stereocenters. The molecule has 0 heterocycles. The van der Waals surface area contributed by atoms with Crippen LogP contribution in [0.1, 0.15) is 95.9 Å². The highest BCUT2D eigenvalue weighted by Gasteiger charge is 2.41. The summed E-state index contributed by atoms with van der Waals surface area (Å²) in [5.41, 5.74) is -0.700. The van der Waals surface area contributed by atoms with Gasteiger partial charge < -0.3 is 4.89 Å². The van der Waals surface area contributed by atoms with Crippen molar-refractivity contribution in [3.63, 3.8) is 0 Å². The van der Waals surface area contributed by atoms with Crippen LogP contribution >= 0.6 is 0 Å². The van der Waals surface area contributed by atoms with Gasteiger partial charge in [0.1, 0.15) is 5.60 Å². The van der Waals surface area contributed by atoms with Crippen LogP contribution in [0.3, 0.4) is 0 Å². The maximum Gasteiger partial charge on any atom is 0.346 e. The minimum atomic E-state index is -0.556. The number of hydrogen-bond acceptors (Lipinski definition) is 6. The lowest BCUT2D eigenvalue weighted by molar-refractivity contribution is -0.320. The van der Waals surface area contributed by atoms with Crippen LogP contribution in [0.4, 0.5) is 0 Å². The lowest BCUT2D eigenvalue weighted by Crippen LogP contribution is -2.39. The lowest BCUT2D eigenvalue weighted by atomic mass is 9.67. The summed E-state index contributed by atoms with van der Waals surface area (Å²) in [6.07, 6.45) is 1.21. The first-order chi connectivity index (χ1) is 11.7. The standard InChI is InChI=1S/C11H22O3.C10H20O3/c1-10(2,3)8-7-9(12)13-14-11(4,5)6;1-9(2,3)7(8(11)13-12)10(4,5)6/h7-8H2,1-6H3;7,12H,1-6H3. The van der Waals surface area contributed by atoms with Crippen LogP contribution in [0.2, 0.25) is 0 Å². The molecule has 0 aliphatic carbocycles. The van der Waals surface area contributed by atoms with Crippen molar-refractivity contribution in [2.45, 2.75) is 102 Å². The van der Waals surface area contributed by atoms with Crippen molar-refractivity contribution in [1.29, 1.82) is 0 Å². The second-order valence-electron chi connectivity index (χ2n) is 11.3. The van der Waals surface area contributed by atoms with Crippen LogP contribution in [-0.2, 0) is 24.3 Å². The molecule has 0 aromatic carbocycles. The highest BCUT2D eigenvalue weighted by atomic mass is 17.2. The molecular formula is C21H42O6. The molecule has 0 aromatic heterocycles. The molecule has 0 rings (SSSR count). The van der Waals surface area contributed by atoms with E-state index in [1.54, 1.807) is 0 Å². The van der Waals surface area contributed by atoms with E-state index in [4.69, 9.17) is 10.1 Å². The van der Waals surface area contributed by atoms with Crippen molar-refractivity contribution >= 4 is 11.9 Å². The van der Waals surface area contributed by atoms with Gasteiger partial charge in [0.2, 0.25) is 0 Å². The zero-order valence-electron chi connectivity index (χ0n) is 19.5. The van der Waals surface area contributed by atoms with Gasteiger partial charge in [0, 0.05) is 6.42 Å². The van der Waals surface area contributed by atoms with E-state index in [0.29, 0.717) is 6.42 Å². The molecule has 0 aliphatic heterocycles. The molecule has 0 radical (unpaired) electrons. The summed E-state index contributed by atoms with van der Waals surface area (Å²) in [7, 11) is 0. The Morgan fingerprint density at radius 2 is 1.22 bits per heavy atom. The Balaban J connectivity index is 0. The summed E-state index contributed by atoms with van der Waals surface area (Å²) in [5, 5.41) is 8.38. The third-order valence-corrected chi connectivity index (χ3v) is 3.52. The summed E-state index contributed by atoms with van der Waals surface area (Å²) in [6.45, 7) is 23.5. The fourth-order valence-electron chi connectivity index (χ4n) is 2.75. The Hall–Kier alpha value is -1.14. The minimum absolute atomic E-state index is 0.154. The molecule has 0 spiro atoms. The summed E-state index contributed by atoms with van der Waals surface area (Å²) in [4.78, 5) is 35.9. The van der Waals surface area contributed by atoms with E-state index in [-0.39, 0.29) is 28.1 Å². The fraction of sp³-hybridized carbons (Fsp3) is 0.905. The number of carbonyl (C=O) groups is 2. The van der Waals surface area contributed by atoms with Gasteiger partial charge in [-0.1, -0.05) is 62.3 Å². The van der Waals surface area contributed by atoms with Gasteiger partial charge in [0.05, 0.1) is 5.92 Å². The average molecular weight is 391 g/mol. The first-order valence-corrected chi connectivity index (χ1v) is 9.44. The molecule has 1 N–H and O–H groups in total. The first-order valence-electron chi connectivity index (χ1n) is 9.44. The second kappa shape index (κ2) is 10.4. The van der Waals surface area contributed by atoms with E-state index in [2.05, 4.69) is 30.5 Å². The average Bonchev–Trinajstić information content (AvgIpc) is 2.38. The van der Waals surface area contributed by atoms with Crippen molar-refractivity contribution in [3.05, 3.63) is 0 Å². The van der Waals surface area contributed by atoms with Crippen LogP contribution in [0.5, 0.6) is 0 Å². The van der Waals surface area contributed by atoms with Gasteiger partial charge in [-0.25, -0.2) is 9.59 Å². The van der Waals surface area contributed by atoms with Crippen LogP contribution in [-0.4, -0.2) is 22.8 Å². The van der Waals surface area contributed by atoms with E-state index in [9.17, 15) is 9.59 Å². The molecule has 0 aromatic rings. The molecule has 0 saturated carbocycles. The molecule has 27 heavy (non-hydrogen) atoms. The quantitative estimate of drug-likeness (QED) is 0.483. The lowest BCUT2D eigenvalue weighted by Gasteiger charge is -2.37. The van der Waals surface area contributed by atoms with E-state index in [1.165, 1.54) is 0 Å². The molecular weight excluding hydrogens is 348 g/mol. The predicted molar refractivity (Wildman–Crippen MR) is 107 cm³/mol. The molecule has 0 amide bonds. The van der Waals surface area contributed by atoms with E-state index >= 15 is 0 Å². The van der Waals surface area contributed by atoms with Crippen LogP contribution in [0.15, 0.2) is 0 Å². The topological polar surface area (TPSA) is 82.1 Å². The summed E-state index contributed by atoms with van der Waals surface area (Å²) < 4.78 is 0. The molecule has 0 aliphatic rings. The monoisotopic (exact) mass is 390 g/mol. The second-order valence-corrected chi connectivity index (χ2v) is 11.3. The van der Waals surface area contributed by atoms with Gasteiger partial charge >= 0.3 is 11.9 Å². The fourth-order valence-corrected chi connectivity index (χ4v) is 2.75. The molecule has 6 heteroatoms. The van der Waals surface area contributed by atoms with Crippen LogP contribution < -0.4 is 0 Å². The van der Waals surface area contributed by atoms with Crippen molar-refractivity contribution in [3.8, 4) is 0 Å². The Labute approximate surface area is 165 Å². The van der Waals surface area contributed by atoms with Gasteiger partial charge in [-0.2, -0.15) is 10.1 Å². The van der Waals surface area contributed by atoms with Gasteiger partial charge in [-0.05, 0) is 43.4 Å². The Bertz CT molecular complexity index is 421. The van der Waals surface area contributed by atoms with Crippen LogP contribution in [0.25, 0.3) is 0 Å². The predicted octanol–water partition coefficient (Wildman–Crippen LogP) is 5.80. The Morgan fingerprint density at radius 1 is 0.815 bits per heavy atom. The molecule has 6 nitrogen and oxygen atoms in total. The summed E-state index contributed by atoms with van der Waals surface area (Å²) in [6, 6.07) is 0. The molecule has 162 valence electrons. The van der Waals surface area contributed by atoms with E-state index in [0.717, 1.165) is 6.42 Å². The maximum absolute atomic E-state index is 11.3. The third kappa shape index (κ3) is 15.6. The van der Waals surface area contributed by atoms with E-state index < -0.39 is 11.6 Å². The zero-order chi connectivity index (χ0) is 22.3. The Kier molecular flexibility index (Phi) is 10.8. The number of carbonyl (C=O) groups excluding carboxylic acids is 2. The Morgan fingerprint density at radius 3 is 1.44 bits per heavy atom. The summed E-state index contributed by atoms with van der Waals surface area (Å²) in [5.74, 6) is -1.17. The van der Waals surface area contributed by atoms with Crippen molar-refractivity contribution in [2.24, 2.45) is 22.2 Å². The maximum atomic E-state index is 11.3. The van der Waals surface area contributed by atoms with Crippen molar-refractivity contribution in [2.75, 3.05) is 0 Å². The number of hydrogen-bond donors (Lipinski definition) is 1. The minimum Gasteiger partial charge on any atom is -0.301 e. The largest absolute Gasteiger partial charge is 0.346 e. The van der Waals surface area contributed by atoms with Gasteiger partial charge in [0.25, 0.3) is 0 Å². The third-order valence-electron chi connectivity index (χ3n) is 3.52. The molecule has 0 unspecified atom stereocenters. The summed E-state index contributed by atoms with van der Waals surface area (Å²) >= 11 is 0. The smallest absolute Gasteiger partial charge is 0.301 e. The normalized spacial score (nSPS) is 13.0. The highest BCUT2D eigenvalue weighted by molar-refractivity contribution is 5.73. The number of rotatable bonds is 4. The van der Waals surface area contributed by atoms with Gasteiger partial charge in [-0.3, -0.25) is 4.89 Å².